The lowest BCUT2D eigenvalue weighted by Crippen LogP contribution is -2.35. The second-order valence-corrected chi connectivity index (χ2v) is 6.14. The quantitative estimate of drug-likeness (QED) is 0.727. The molecule has 24 heavy (non-hydrogen) atoms. The molecule has 0 aliphatic carbocycles. The number of hydrogen-bond donors (Lipinski definition) is 2. The Morgan fingerprint density at radius 1 is 1.25 bits per heavy atom. The molecule has 0 fully saturated rings. The molecule has 1 unspecified atom stereocenters. The van der Waals surface area contributed by atoms with Gasteiger partial charge >= 0.3 is 0 Å². The zero-order chi connectivity index (χ0) is 16.8. The second kappa shape index (κ2) is 8.06. The molecule has 6 nitrogen and oxygen atoms in total. The van der Waals surface area contributed by atoms with Gasteiger partial charge in [0.05, 0.1) is 20.4 Å². The summed E-state index contributed by atoms with van der Waals surface area (Å²) < 4.78 is 12.7. The lowest BCUT2D eigenvalue weighted by molar-refractivity contribution is 0.354. The highest BCUT2D eigenvalue weighted by Gasteiger charge is 2.17. The largest absolute Gasteiger partial charge is 0.493 e. The summed E-state index contributed by atoms with van der Waals surface area (Å²) in [6, 6.07) is 8.15. The van der Waals surface area contributed by atoms with Crippen LogP contribution in [0.4, 0.5) is 5.82 Å². The van der Waals surface area contributed by atoms with Gasteiger partial charge in [-0.15, -0.1) is 0 Å². The standard InChI is InChI=1S/C18H26N4O2/c1-23-16-6-5-14(10-17(16)24-2)4-3-8-19-11-15-12-20-18-7-9-21-22(18)13-15/h5-7,9-10,15,19-20H,3-4,8,11-13H2,1-2H3. The van der Waals surface area contributed by atoms with Gasteiger partial charge in [-0.3, -0.25) is 0 Å². The molecule has 0 amide bonds. The van der Waals surface area contributed by atoms with E-state index in [0.29, 0.717) is 5.92 Å². The third-order valence-corrected chi connectivity index (χ3v) is 4.42. The van der Waals surface area contributed by atoms with Crippen LogP contribution in [0.15, 0.2) is 30.5 Å². The zero-order valence-corrected chi connectivity index (χ0v) is 14.4. The van der Waals surface area contributed by atoms with Crippen molar-refractivity contribution < 1.29 is 9.47 Å². The maximum atomic E-state index is 5.35. The van der Waals surface area contributed by atoms with Crippen LogP contribution in [0.25, 0.3) is 0 Å². The van der Waals surface area contributed by atoms with E-state index in [1.165, 1.54) is 5.56 Å². The van der Waals surface area contributed by atoms with Crippen LogP contribution in [0.3, 0.4) is 0 Å². The average molecular weight is 330 g/mol. The molecule has 1 aliphatic rings. The Labute approximate surface area is 143 Å². The van der Waals surface area contributed by atoms with Crippen molar-refractivity contribution in [2.75, 3.05) is 39.2 Å². The Morgan fingerprint density at radius 2 is 2.12 bits per heavy atom. The van der Waals surface area contributed by atoms with E-state index in [1.54, 1.807) is 14.2 Å². The van der Waals surface area contributed by atoms with Gasteiger partial charge in [-0.25, -0.2) is 4.68 Å². The van der Waals surface area contributed by atoms with E-state index in [2.05, 4.69) is 27.9 Å². The lowest BCUT2D eigenvalue weighted by Gasteiger charge is -2.25. The summed E-state index contributed by atoms with van der Waals surface area (Å²) in [5.74, 6) is 3.28. The molecule has 130 valence electrons. The van der Waals surface area contributed by atoms with Crippen LogP contribution < -0.4 is 20.1 Å². The maximum absolute atomic E-state index is 5.35. The molecule has 2 aromatic rings. The van der Waals surface area contributed by atoms with Gasteiger partial charge in [-0.2, -0.15) is 5.10 Å². The van der Waals surface area contributed by atoms with Crippen LogP contribution in [-0.4, -0.2) is 43.6 Å². The van der Waals surface area contributed by atoms with Gasteiger partial charge in [-0.1, -0.05) is 6.07 Å². The molecule has 0 saturated heterocycles. The molecule has 1 aliphatic heterocycles. The van der Waals surface area contributed by atoms with Crippen LogP contribution in [0, 0.1) is 5.92 Å². The van der Waals surface area contributed by atoms with E-state index in [9.17, 15) is 0 Å². The average Bonchev–Trinajstić information content (AvgIpc) is 3.09. The number of nitrogens with zero attached hydrogens (tertiary/aromatic N) is 2. The molecule has 0 radical (unpaired) electrons. The van der Waals surface area contributed by atoms with E-state index in [4.69, 9.17) is 9.47 Å². The van der Waals surface area contributed by atoms with Crippen LogP contribution in [-0.2, 0) is 13.0 Å². The van der Waals surface area contributed by atoms with E-state index >= 15 is 0 Å². The molecule has 0 bridgehead atoms. The van der Waals surface area contributed by atoms with Crippen LogP contribution in [0.1, 0.15) is 12.0 Å². The van der Waals surface area contributed by atoms with Crippen LogP contribution in [0.5, 0.6) is 11.5 Å². The SMILES string of the molecule is COc1ccc(CCCNCC2CNc3ccnn3C2)cc1OC. The maximum Gasteiger partial charge on any atom is 0.160 e. The molecule has 1 atom stereocenters. The zero-order valence-electron chi connectivity index (χ0n) is 14.4. The highest BCUT2D eigenvalue weighted by atomic mass is 16.5. The summed E-state index contributed by atoms with van der Waals surface area (Å²) in [4.78, 5) is 0. The Kier molecular flexibility index (Phi) is 5.59. The van der Waals surface area contributed by atoms with E-state index in [-0.39, 0.29) is 0 Å². The third kappa shape index (κ3) is 4.00. The van der Waals surface area contributed by atoms with Gasteiger partial charge in [0.2, 0.25) is 0 Å². The number of anilines is 1. The fourth-order valence-electron chi connectivity index (χ4n) is 3.08. The summed E-state index contributed by atoms with van der Waals surface area (Å²) in [6.07, 6.45) is 3.98. The van der Waals surface area contributed by atoms with Crippen molar-refractivity contribution >= 4 is 5.82 Å². The Bertz CT molecular complexity index is 656. The topological polar surface area (TPSA) is 60.3 Å². The van der Waals surface area contributed by atoms with Gasteiger partial charge in [0, 0.05) is 31.6 Å². The first-order valence-corrected chi connectivity index (χ1v) is 8.47. The minimum absolute atomic E-state index is 0.582. The highest BCUT2D eigenvalue weighted by molar-refractivity contribution is 5.42. The smallest absolute Gasteiger partial charge is 0.160 e. The predicted octanol–water partition coefficient (Wildman–Crippen LogP) is 2.16. The molecule has 1 aromatic heterocycles. The van der Waals surface area contributed by atoms with Gasteiger partial charge in [-0.05, 0) is 37.1 Å². The number of rotatable bonds is 8. The summed E-state index contributed by atoms with van der Waals surface area (Å²) in [6.45, 7) is 4.02. The molecule has 0 saturated carbocycles. The molecular formula is C18H26N4O2. The summed E-state index contributed by atoms with van der Waals surface area (Å²) >= 11 is 0. The molecular weight excluding hydrogens is 304 g/mol. The molecule has 2 heterocycles. The minimum Gasteiger partial charge on any atom is -0.493 e. The van der Waals surface area contributed by atoms with Gasteiger partial charge < -0.3 is 20.1 Å². The van der Waals surface area contributed by atoms with Crippen molar-refractivity contribution in [1.29, 1.82) is 0 Å². The third-order valence-electron chi connectivity index (χ3n) is 4.42. The van der Waals surface area contributed by atoms with Gasteiger partial charge in [0.15, 0.2) is 11.5 Å². The number of methoxy groups -OCH3 is 2. The molecule has 1 aromatic carbocycles. The second-order valence-electron chi connectivity index (χ2n) is 6.14. The van der Waals surface area contributed by atoms with Gasteiger partial charge in [0.1, 0.15) is 5.82 Å². The molecule has 0 spiro atoms. The Morgan fingerprint density at radius 3 is 2.96 bits per heavy atom. The Hall–Kier alpha value is -2.21. The monoisotopic (exact) mass is 330 g/mol. The summed E-state index contributed by atoms with van der Waals surface area (Å²) in [7, 11) is 3.33. The molecule has 3 rings (SSSR count). The number of nitrogens with one attached hydrogen (secondary N) is 2. The van der Waals surface area contributed by atoms with Crippen molar-refractivity contribution in [3.05, 3.63) is 36.0 Å². The fourth-order valence-corrected chi connectivity index (χ4v) is 3.08. The first kappa shape index (κ1) is 16.6. The predicted molar refractivity (Wildman–Crippen MR) is 94.9 cm³/mol. The summed E-state index contributed by atoms with van der Waals surface area (Å²) in [5, 5.41) is 11.3. The lowest BCUT2D eigenvalue weighted by atomic mass is 10.1. The normalized spacial score (nSPS) is 16.3. The van der Waals surface area contributed by atoms with Crippen molar-refractivity contribution in [1.82, 2.24) is 15.1 Å². The summed E-state index contributed by atoms with van der Waals surface area (Å²) in [5.41, 5.74) is 1.27. The van der Waals surface area contributed by atoms with Crippen LogP contribution >= 0.6 is 0 Å². The van der Waals surface area contributed by atoms with E-state index in [1.807, 2.05) is 23.0 Å². The first-order valence-electron chi connectivity index (χ1n) is 8.47. The van der Waals surface area contributed by atoms with E-state index < -0.39 is 0 Å². The number of fused-ring (bicyclic) bond motifs is 1. The van der Waals surface area contributed by atoms with Crippen molar-refractivity contribution in [2.24, 2.45) is 5.92 Å². The highest BCUT2D eigenvalue weighted by Crippen LogP contribution is 2.27. The van der Waals surface area contributed by atoms with Crippen LogP contribution in [0.2, 0.25) is 0 Å². The van der Waals surface area contributed by atoms with Gasteiger partial charge in [0.25, 0.3) is 0 Å². The number of aromatic nitrogens is 2. The number of aryl methyl sites for hydroxylation is 1. The molecule has 6 heteroatoms. The van der Waals surface area contributed by atoms with Crippen molar-refractivity contribution in [2.45, 2.75) is 19.4 Å². The number of hydrogen-bond acceptors (Lipinski definition) is 5. The van der Waals surface area contributed by atoms with E-state index in [0.717, 1.165) is 56.3 Å². The minimum atomic E-state index is 0.582. The van der Waals surface area contributed by atoms with Crippen molar-refractivity contribution in [3.63, 3.8) is 0 Å². The Balaban J connectivity index is 1.37. The number of ether oxygens (including phenoxy) is 2. The van der Waals surface area contributed by atoms with Crippen molar-refractivity contribution in [3.8, 4) is 11.5 Å². The first-order chi connectivity index (χ1) is 11.8. The number of benzene rings is 1. The fraction of sp³-hybridized carbons (Fsp3) is 0.500. The molecule has 2 N–H and O–H groups in total.